The van der Waals surface area contributed by atoms with E-state index in [9.17, 15) is 0 Å². The van der Waals surface area contributed by atoms with Gasteiger partial charge in [0.1, 0.15) is 5.75 Å². The van der Waals surface area contributed by atoms with Gasteiger partial charge in [-0.2, -0.15) is 5.10 Å². The lowest BCUT2D eigenvalue weighted by molar-refractivity contribution is 0.0724. The van der Waals surface area contributed by atoms with Crippen molar-refractivity contribution in [3.05, 3.63) is 42.2 Å². The third-order valence-corrected chi connectivity index (χ3v) is 4.36. The number of benzene rings is 1. The van der Waals surface area contributed by atoms with Crippen molar-refractivity contribution in [2.75, 3.05) is 26.8 Å². The summed E-state index contributed by atoms with van der Waals surface area (Å²) in [5, 5.41) is 4.37. The molecule has 1 aliphatic heterocycles. The molecule has 0 aliphatic carbocycles. The van der Waals surface area contributed by atoms with Crippen LogP contribution >= 0.6 is 0 Å². The highest BCUT2D eigenvalue weighted by molar-refractivity contribution is 5.45. The number of methoxy groups -OCH3 is 1. The van der Waals surface area contributed by atoms with E-state index in [2.05, 4.69) is 29.1 Å². The molecule has 1 aromatic carbocycles. The van der Waals surface area contributed by atoms with Crippen LogP contribution in [0.3, 0.4) is 0 Å². The number of rotatable bonds is 7. The molecule has 0 N–H and O–H groups in total. The van der Waals surface area contributed by atoms with E-state index >= 15 is 0 Å². The zero-order valence-corrected chi connectivity index (χ0v) is 13.9. The molecule has 1 aliphatic rings. The van der Waals surface area contributed by atoms with Crippen LogP contribution in [0.4, 0.5) is 0 Å². The number of hydrogen-bond donors (Lipinski definition) is 0. The summed E-state index contributed by atoms with van der Waals surface area (Å²) < 4.78 is 13.1. The molecule has 2 aromatic rings. The van der Waals surface area contributed by atoms with Crippen molar-refractivity contribution >= 4 is 0 Å². The number of nitrogens with zero attached hydrogens (tertiary/aromatic N) is 3. The fraction of sp³-hybridized carbons (Fsp3) is 0.500. The second-order valence-corrected chi connectivity index (χ2v) is 5.91. The van der Waals surface area contributed by atoms with Crippen molar-refractivity contribution in [3.63, 3.8) is 0 Å². The molecule has 23 heavy (non-hydrogen) atoms. The minimum absolute atomic E-state index is 0.369. The zero-order valence-electron chi connectivity index (χ0n) is 13.9. The lowest BCUT2D eigenvalue weighted by Gasteiger charge is -2.25. The minimum atomic E-state index is 0.369. The molecule has 5 heteroatoms. The maximum absolute atomic E-state index is 5.79. The van der Waals surface area contributed by atoms with Crippen molar-refractivity contribution < 1.29 is 9.47 Å². The molecule has 0 spiro atoms. The summed E-state index contributed by atoms with van der Waals surface area (Å²) in [6, 6.07) is 8.10. The number of aromatic nitrogens is 2. The Labute approximate surface area is 137 Å². The third-order valence-electron chi connectivity index (χ3n) is 4.36. The Morgan fingerprint density at radius 2 is 2.35 bits per heavy atom. The number of ether oxygens (including phenoxy) is 2. The summed E-state index contributed by atoms with van der Waals surface area (Å²) in [5.74, 6) is 0.879. The summed E-state index contributed by atoms with van der Waals surface area (Å²) >= 11 is 0. The summed E-state index contributed by atoms with van der Waals surface area (Å²) in [6.07, 6.45) is 6.49. The molecule has 5 nitrogen and oxygen atoms in total. The van der Waals surface area contributed by atoms with Crippen LogP contribution in [0.5, 0.6) is 5.75 Å². The molecule has 0 radical (unpaired) electrons. The Kier molecular flexibility index (Phi) is 5.31. The average Bonchev–Trinajstić information content (AvgIpc) is 3.27. The van der Waals surface area contributed by atoms with Gasteiger partial charge in [-0.3, -0.25) is 4.90 Å². The van der Waals surface area contributed by atoms with Gasteiger partial charge in [-0.25, -0.2) is 4.68 Å². The van der Waals surface area contributed by atoms with Gasteiger partial charge >= 0.3 is 0 Å². The Hall–Kier alpha value is -1.85. The first-order valence-electron chi connectivity index (χ1n) is 8.31. The van der Waals surface area contributed by atoms with Gasteiger partial charge in [-0.05, 0) is 49.2 Å². The highest BCUT2D eigenvalue weighted by Gasteiger charge is 2.19. The molecule has 1 aromatic heterocycles. The zero-order chi connectivity index (χ0) is 16.1. The van der Waals surface area contributed by atoms with Gasteiger partial charge < -0.3 is 9.47 Å². The molecule has 1 atom stereocenters. The summed E-state index contributed by atoms with van der Waals surface area (Å²) in [5.41, 5.74) is 2.31. The van der Waals surface area contributed by atoms with Gasteiger partial charge in [0.15, 0.2) is 0 Å². The molecular weight excluding hydrogens is 290 g/mol. The van der Waals surface area contributed by atoms with Crippen LogP contribution in [0.1, 0.15) is 25.3 Å². The average molecular weight is 315 g/mol. The van der Waals surface area contributed by atoms with E-state index in [0.29, 0.717) is 6.10 Å². The van der Waals surface area contributed by atoms with E-state index in [-0.39, 0.29) is 0 Å². The molecular formula is C18H25N3O2. The van der Waals surface area contributed by atoms with Crippen molar-refractivity contribution in [3.8, 4) is 11.4 Å². The fourth-order valence-corrected chi connectivity index (χ4v) is 3.07. The lowest BCUT2D eigenvalue weighted by Crippen LogP contribution is -2.32. The second kappa shape index (κ2) is 7.62. The smallest absolute Gasteiger partial charge is 0.119 e. The quantitative estimate of drug-likeness (QED) is 0.787. The van der Waals surface area contributed by atoms with Gasteiger partial charge in [0, 0.05) is 32.1 Å². The van der Waals surface area contributed by atoms with E-state index in [1.54, 1.807) is 13.3 Å². The van der Waals surface area contributed by atoms with Crippen molar-refractivity contribution in [1.82, 2.24) is 14.7 Å². The predicted molar refractivity (Wildman–Crippen MR) is 90.0 cm³/mol. The fourth-order valence-electron chi connectivity index (χ4n) is 3.07. The van der Waals surface area contributed by atoms with E-state index in [0.717, 1.165) is 37.7 Å². The van der Waals surface area contributed by atoms with Gasteiger partial charge in [0.05, 0.1) is 18.9 Å². The van der Waals surface area contributed by atoms with Gasteiger partial charge in [0.25, 0.3) is 0 Å². The molecule has 1 saturated heterocycles. The monoisotopic (exact) mass is 315 g/mol. The van der Waals surface area contributed by atoms with Crippen molar-refractivity contribution in [2.24, 2.45) is 0 Å². The van der Waals surface area contributed by atoms with E-state index < -0.39 is 0 Å². The molecule has 3 rings (SSSR count). The molecule has 0 bridgehead atoms. The van der Waals surface area contributed by atoms with Crippen LogP contribution in [0, 0.1) is 0 Å². The highest BCUT2D eigenvalue weighted by Crippen LogP contribution is 2.23. The number of hydrogen-bond acceptors (Lipinski definition) is 4. The molecule has 0 saturated carbocycles. The number of likely N-dealkylation sites (N-methyl/N-ethyl adjacent to an activating group) is 1. The molecule has 1 unspecified atom stereocenters. The summed E-state index contributed by atoms with van der Waals surface area (Å²) in [4.78, 5) is 2.43. The van der Waals surface area contributed by atoms with Gasteiger partial charge in [-0.15, -0.1) is 0 Å². The Bertz CT molecular complexity index is 607. The van der Waals surface area contributed by atoms with Gasteiger partial charge in [-0.1, -0.05) is 6.92 Å². The second-order valence-electron chi connectivity index (χ2n) is 5.91. The predicted octanol–water partition coefficient (Wildman–Crippen LogP) is 2.88. The SMILES string of the molecule is CCN(Cc1cc(OC)ccc1-n1cccn1)CC1CCCO1. The standard InChI is InChI=1S/C18H25N3O2/c1-3-20(14-17-6-4-11-23-17)13-15-12-16(22-2)7-8-18(15)21-10-5-9-19-21/h5,7-10,12,17H,3-4,6,11,13-14H2,1-2H3. The van der Waals surface area contributed by atoms with E-state index in [4.69, 9.17) is 9.47 Å². The van der Waals surface area contributed by atoms with Crippen LogP contribution in [-0.2, 0) is 11.3 Å². The molecule has 0 amide bonds. The first-order valence-corrected chi connectivity index (χ1v) is 8.31. The summed E-state index contributed by atoms with van der Waals surface area (Å²) in [7, 11) is 1.71. The van der Waals surface area contributed by atoms with Gasteiger partial charge in [0.2, 0.25) is 0 Å². The van der Waals surface area contributed by atoms with Crippen molar-refractivity contribution in [1.29, 1.82) is 0 Å². The van der Waals surface area contributed by atoms with E-state index in [1.807, 2.05) is 23.0 Å². The Morgan fingerprint density at radius 3 is 3.00 bits per heavy atom. The van der Waals surface area contributed by atoms with Crippen molar-refractivity contribution in [2.45, 2.75) is 32.4 Å². The first-order chi connectivity index (χ1) is 11.3. The molecule has 2 heterocycles. The molecule has 1 fully saturated rings. The van der Waals surface area contributed by atoms with Crippen LogP contribution < -0.4 is 4.74 Å². The Balaban J connectivity index is 1.81. The topological polar surface area (TPSA) is 39.5 Å². The summed E-state index contributed by atoms with van der Waals surface area (Å²) in [6.45, 7) is 5.94. The Morgan fingerprint density at radius 1 is 1.43 bits per heavy atom. The van der Waals surface area contributed by atoms with Crippen LogP contribution in [-0.4, -0.2) is 47.6 Å². The van der Waals surface area contributed by atoms with Crippen LogP contribution in [0.25, 0.3) is 5.69 Å². The van der Waals surface area contributed by atoms with Crippen LogP contribution in [0.2, 0.25) is 0 Å². The largest absolute Gasteiger partial charge is 0.497 e. The highest BCUT2D eigenvalue weighted by atomic mass is 16.5. The van der Waals surface area contributed by atoms with Crippen LogP contribution in [0.15, 0.2) is 36.7 Å². The normalized spacial score (nSPS) is 17.8. The maximum atomic E-state index is 5.79. The maximum Gasteiger partial charge on any atom is 0.119 e. The third kappa shape index (κ3) is 3.92. The molecule has 124 valence electrons. The lowest BCUT2D eigenvalue weighted by atomic mass is 10.1. The minimum Gasteiger partial charge on any atom is -0.497 e. The van der Waals surface area contributed by atoms with E-state index in [1.165, 1.54) is 18.4 Å². The first kappa shape index (κ1) is 16.0.